The monoisotopic (exact) mass is 326 g/mol. The van der Waals surface area contributed by atoms with Gasteiger partial charge in [0.15, 0.2) is 0 Å². The molecule has 1 aromatic carbocycles. The smallest absolute Gasteiger partial charge is 0.127 e. The highest BCUT2D eigenvalue weighted by Crippen LogP contribution is 2.43. The lowest BCUT2D eigenvalue weighted by molar-refractivity contribution is 0.414. The van der Waals surface area contributed by atoms with Gasteiger partial charge in [0.2, 0.25) is 0 Å². The van der Waals surface area contributed by atoms with Crippen LogP contribution in [0, 0.1) is 17.8 Å². The topological polar surface area (TPSA) is 34.1 Å². The van der Waals surface area contributed by atoms with Gasteiger partial charge in [0, 0.05) is 18.3 Å². The first kappa shape index (κ1) is 14.9. The average molecular weight is 326 g/mol. The quantitative estimate of drug-likeness (QED) is 0.811. The van der Waals surface area contributed by atoms with E-state index in [0.717, 1.165) is 47.2 Å². The van der Waals surface area contributed by atoms with Crippen LogP contribution in [0.4, 0.5) is 0 Å². The number of hydrogen-bond donors (Lipinski definition) is 1. The fourth-order valence-electron chi connectivity index (χ4n) is 3.86. The second kappa shape index (κ2) is 6.46. The SMILES string of the molecule is COc1ccccc1-c1cnc(CNCC2CC3C=CC2C3)s1. The molecular formula is C19H22N2OS. The average Bonchev–Trinajstić information content (AvgIpc) is 3.31. The van der Waals surface area contributed by atoms with Crippen molar-refractivity contribution < 1.29 is 4.74 Å². The molecule has 2 aromatic rings. The molecule has 1 saturated carbocycles. The summed E-state index contributed by atoms with van der Waals surface area (Å²) in [6.45, 7) is 1.96. The number of aromatic nitrogens is 1. The number of thiazole rings is 1. The molecule has 120 valence electrons. The third-order valence-corrected chi connectivity index (χ3v) is 6.06. The van der Waals surface area contributed by atoms with Crippen molar-refractivity contribution in [3.8, 4) is 16.2 Å². The lowest BCUT2D eigenvalue weighted by Crippen LogP contribution is -2.24. The molecule has 2 aliphatic carbocycles. The summed E-state index contributed by atoms with van der Waals surface area (Å²) < 4.78 is 5.44. The molecular weight excluding hydrogens is 304 g/mol. The van der Waals surface area contributed by atoms with E-state index in [-0.39, 0.29) is 0 Å². The van der Waals surface area contributed by atoms with Gasteiger partial charge in [-0.1, -0.05) is 24.3 Å². The Morgan fingerprint density at radius 1 is 1.26 bits per heavy atom. The van der Waals surface area contributed by atoms with Crippen molar-refractivity contribution in [3.05, 3.63) is 47.6 Å². The zero-order chi connectivity index (χ0) is 15.6. The zero-order valence-electron chi connectivity index (χ0n) is 13.4. The van der Waals surface area contributed by atoms with Crippen LogP contribution in [-0.4, -0.2) is 18.6 Å². The van der Waals surface area contributed by atoms with E-state index in [1.807, 2.05) is 24.4 Å². The van der Waals surface area contributed by atoms with E-state index in [4.69, 9.17) is 4.74 Å². The number of benzene rings is 1. The van der Waals surface area contributed by atoms with E-state index in [1.54, 1.807) is 18.4 Å². The minimum atomic E-state index is 0.813. The molecule has 3 unspecified atom stereocenters. The van der Waals surface area contributed by atoms with Crippen LogP contribution in [0.5, 0.6) is 5.75 Å². The van der Waals surface area contributed by atoms with Gasteiger partial charge in [0.1, 0.15) is 10.8 Å². The normalized spacial score (nSPS) is 25.2. The van der Waals surface area contributed by atoms with E-state index in [1.165, 1.54) is 17.7 Å². The number of hydrogen-bond acceptors (Lipinski definition) is 4. The van der Waals surface area contributed by atoms with Crippen LogP contribution >= 0.6 is 11.3 Å². The Morgan fingerprint density at radius 3 is 2.96 bits per heavy atom. The van der Waals surface area contributed by atoms with Gasteiger partial charge < -0.3 is 10.1 Å². The number of rotatable bonds is 6. The molecule has 23 heavy (non-hydrogen) atoms. The molecule has 0 aliphatic heterocycles. The zero-order valence-corrected chi connectivity index (χ0v) is 14.2. The molecule has 4 heteroatoms. The number of nitrogens with zero attached hydrogens (tertiary/aromatic N) is 1. The Bertz CT molecular complexity index is 709. The van der Waals surface area contributed by atoms with Crippen molar-refractivity contribution in [1.82, 2.24) is 10.3 Å². The third-order valence-electron chi connectivity index (χ3n) is 5.03. The van der Waals surface area contributed by atoms with E-state index in [2.05, 4.69) is 28.5 Å². The molecule has 0 saturated heterocycles. The van der Waals surface area contributed by atoms with Gasteiger partial charge in [-0.05, 0) is 49.3 Å². The molecule has 3 nitrogen and oxygen atoms in total. The van der Waals surface area contributed by atoms with Gasteiger partial charge in [-0.2, -0.15) is 0 Å². The Kier molecular flexibility index (Phi) is 4.19. The molecule has 1 N–H and O–H groups in total. The first-order valence-electron chi connectivity index (χ1n) is 8.30. The maximum atomic E-state index is 5.44. The highest BCUT2D eigenvalue weighted by Gasteiger charge is 2.34. The standard InChI is InChI=1S/C19H22N2OS/c1-22-17-5-3-2-4-16(17)18-11-21-19(23-18)12-20-10-15-9-13-6-7-14(15)8-13/h2-7,11,13-15,20H,8-10,12H2,1H3. The molecule has 3 atom stereocenters. The summed E-state index contributed by atoms with van der Waals surface area (Å²) in [4.78, 5) is 5.74. The van der Waals surface area contributed by atoms with Gasteiger partial charge in [-0.15, -0.1) is 11.3 Å². The molecule has 0 amide bonds. The van der Waals surface area contributed by atoms with Crippen molar-refractivity contribution >= 4 is 11.3 Å². The lowest BCUT2D eigenvalue weighted by Gasteiger charge is -2.18. The molecule has 4 rings (SSSR count). The number of ether oxygens (including phenoxy) is 1. The maximum Gasteiger partial charge on any atom is 0.127 e. The second-order valence-corrected chi connectivity index (χ2v) is 7.60. The van der Waals surface area contributed by atoms with E-state index in [9.17, 15) is 0 Å². The molecule has 0 radical (unpaired) electrons. The summed E-state index contributed by atoms with van der Waals surface area (Å²) in [5.74, 6) is 3.39. The molecule has 2 aliphatic rings. The molecule has 0 spiro atoms. The Hall–Kier alpha value is -1.65. The van der Waals surface area contributed by atoms with Crippen LogP contribution in [0.3, 0.4) is 0 Å². The minimum Gasteiger partial charge on any atom is -0.496 e. The van der Waals surface area contributed by atoms with E-state index >= 15 is 0 Å². The largest absolute Gasteiger partial charge is 0.496 e. The van der Waals surface area contributed by atoms with Gasteiger partial charge in [0.05, 0.1) is 12.0 Å². The second-order valence-electron chi connectivity index (χ2n) is 6.49. The summed E-state index contributed by atoms with van der Waals surface area (Å²) in [7, 11) is 1.71. The van der Waals surface area contributed by atoms with Crippen molar-refractivity contribution in [2.75, 3.05) is 13.7 Å². The predicted molar refractivity (Wildman–Crippen MR) is 94.7 cm³/mol. The van der Waals surface area contributed by atoms with E-state index < -0.39 is 0 Å². The molecule has 1 aromatic heterocycles. The van der Waals surface area contributed by atoms with Crippen LogP contribution in [0.25, 0.3) is 10.4 Å². The van der Waals surface area contributed by atoms with Gasteiger partial charge in [0.25, 0.3) is 0 Å². The Labute approximate surface area is 141 Å². The van der Waals surface area contributed by atoms with Gasteiger partial charge in [-0.3, -0.25) is 0 Å². The lowest BCUT2D eigenvalue weighted by atomic mass is 9.94. The Balaban J connectivity index is 1.36. The van der Waals surface area contributed by atoms with Crippen LogP contribution in [0.2, 0.25) is 0 Å². The first-order valence-corrected chi connectivity index (χ1v) is 9.12. The van der Waals surface area contributed by atoms with E-state index in [0.29, 0.717) is 0 Å². The van der Waals surface area contributed by atoms with Crippen LogP contribution in [0.1, 0.15) is 17.8 Å². The van der Waals surface area contributed by atoms with Crippen molar-refractivity contribution in [3.63, 3.8) is 0 Å². The minimum absolute atomic E-state index is 0.813. The fourth-order valence-corrected chi connectivity index (χ4v) is 4.78. The summed E-state index contributed by atoms with van der Waals surface area (Å²) in [6.07, 6.45) is 9.52. The number of allylic oxidation sites excluding steroid dienone is 2. The number of methoxy groups -OCH3 is 1. The molecule has 1 heterocycles. The summed E-state index contributed by atoms with van der Waals surface area (Å²) in [6, 6.07) is 8.12. The predicted octanol–water partition coefficient (Wildman–Crippen LogP) is 4.12. The highest BCUT2D eigenvalue weighted by atomic mass is 32.1. The molecule has 1 fully saturated rings. The van der Waals surface area contributed by atoms with Crippen molar-refractivity contribution in [2.45, 2.75) is 19.4 Å². The summed E-state index contributed by atoms with van der Waals surface area (Å²) in [5, 5.41) is 4.75. The summed E-state index contributed by atoms with van der Waals surface area (Å²) in [5.41, 5.74) is 1.12. The highest BCUT2D eigenvalue weighted by molar-refractivity contribution is 7.15. The third kappa shape index (κ3) is 3.06. The maximum absolute atomic E-state index is 5.44. The van der Waals surface area contributed by atoms with Gasteiger partial charge in [-0.25, -0.2) is 4.98 Å². The first-order chi connectivity index (χ1) is 11.3. The molecule has 2 bridgehead atoms. The summed E-state index contributed by atoms with van der Waals surface area (Å²) >= 11 is 1.75. The van der Waals surface area contributed by atoms with Crippen LogP contribution in [0.15, 0.2) is 42.6 Å². The number of para-hydroxylation sites is 1. The van der Waals surface area contributed by atoms with Crippen LogP contribution in [-0.2, 0) is 6.54 Å². The Morgan fingerprint density at radius 2 is 2.17 bits per heavy atom. The number of nitrogens with one attached hydrogen (secondary N) is 1. The fraction of sp³-hybridized carbons (Fsp3) is 0.421. The van der Waals surface area contributed by atoms with Gasteiger partial charge >= 0.3 is 0 Å². The van der Waals surface area contributed by atoms with Crippen LogP contribution < -0.4 is 10.1 Å². The van der Waals surface area contributed by atoms with Crippen molar-refractivity contribution in [1.29, 1.82) is 0 Å². The van der Waals surface area contributed by atoms with Crippen molar-refractivity contribution in [2.24, 2.45) is 17.8 Å². The number of fused-ring (bicyclic) bond motifs is 2.